The second kappa shape index (κ2) is 7.44. The van der Waals surface area contributed by atoms with E-state index in [1.54, 1.807) is 18.2 Å². The molecule has 0 spiro atoms. The molecule has 138 valence electrons. The summed E-state index contributed by atoms with van der Waals surface area (Å²) < 4.78 is 18.0. The number of fused-ring (bicyclic) bond motifs is 1. The maximum absolute atomic E-state index is 12.9. The molecule has 4 rings (SSSR count). The van der Waals surface area contributed by atoms with Crippen LogP contribution in [0.5, 0.6) is 0 Å². The van der Waals surface area contributed by atoms with Crippen LogP contribution < -0.4 is 0 Å². The maximum Gasteiger partial charge on any atom is 0.338 e. The van der Waals surface area contributed by atoms with Gasteiger partial charge in [-0.2, -0.15) is 0 Å². The maximum atomic E-state index is 12.9. The number of nitrogens with zero attached hydrogens (tertiary/aromatic N) is 1. The number of halogens is 1. The first-order valence-electron chi connectivity index (χ1n) is 8.61. The summed E-state index contributed by atoms with van der Waals surface area (Å²) in [4.78, 5) is 32.0. The summed E-state index contributed by atoms with van der Waals surface area (Å²) in [5, 5.41) is 0. The highest BCUT2D eigenvalue weighted by molar-refractivity contribution is 6.00. The molecule has 0 saturated heterocycles. The molecule has 0 aliphatic rings. The molecule has 1 aromatic heterocycles. The van der Waals surface area contributed by atoms with E-state index >= 15 is 0 Å². The molecule has 0 atom stereocenters. The van der Waals surface area contributed by atoms with E-state index in [4.69, 9.17) is 4.74 Å². The zero-order chi connectivity index (χ0) is 19.5. The summed E-state index contributed by atoms with van der Waals surface area (Å²) in [5.74, 6) is -0.751. The summed E-state index contributed by atoms with van der Waals surface area (Å²) in [6.45, 7) is -0.416. The van der Waals surface area contributed by atoms with Crippen molar-refractivity contribution in [3.8, 4) is 11.4 Å². The average molecular weight is 374 g/mol. The van der Waals surface area contributed by atoms with Crippen LogP contribution in [0, 0.1) is 5.82 Å². The van der Waals surface area contributed by atoms with Crippen molar-refractivity contribution in [2.24, 2.45) is 0 Å². The topological polar surface area (TPSA) is 72.1 Å². The van der Waals surface area contributed by atoms with Gasteiger partial charge >= 0.3 is 5.97 Å². The van der Waals surface area contributed by atoms with Crippen molar-refractivity contribution in [1.82, 2.24) is 9.97 Å². The molecule has 1 heterocycles. The number of carbonyl (C=O) groups excluding carboxylic acids is 2. The van der Waals surface area contributed by atoms with Crippen molar-refractivity contribution in [3.63, 3.8) is 0 Å². The number of ketones is 1. The molecule has 0 bridgehead atoms. The predicted octanol–water partition coefficient (Wildman–Crippen LogP) is 4.41. The molecule has 0 radical (unpaired) electrons. The number of carbonyl (C=O) groups is 2. The van der Waals surface area contributed by atoms with Crippen LogP contribution in [0.1, 0.15) is 20.7 Å². The molecule has 0 unspecified atom stereocenters. The van der Waals surface area contributed by atoms with E-state index in [9.17, 15) is 14.0 Å². The lowest BCUT2D eigenvalue weighted by atomic mass is 10.1. The first-order chi connectivity index (χ1) is 13.6. The number of esters is 1. The summed E-state index contributed by atoms with van der Waals surface area (Å²) in [5.41, 5.74) is 2.94. The number of ether oxygens (including phenoxy) is 1. The minimum atomic E-state index is -0.617. The second-order valence-corrected chi connectivity index (χ2v) is 6.19. The van der Waals surface area contributed by atoms with Gasteiger partial charge in [0.15, 0.2) is 12.4 Å². The molecular formula is C22H15FN2O3. The fourth-order valence-electron chi connectivity index (χ4n) is 2.80. The largest absolute Gasteiger partial charge is 0.454 e. The third-order valence-corrected chi connectivity index (χ3v) is 4.27. The molecule has 6 heteroatoms. The number of aromatic nitrogens is 2. The van der Waals surface area contributed by atoms with Gasteiger partial charge in [-0.3, -0.25) is 4.79 Å². The van der Waals surface area contributed by atoms with Crippen LogP contribution in [-0.2, 0) is 4.74 Å². The third kappa shape index (κ3) is 3.66. The van der Waals surface area contributed by atoms with Crippen LogP contribution in [0.2, 0.25) is 0 Å². The van der Waals surface area contributed by atoms with E-state index in [2.05, 4.69) is 9.97 Å². The number of rotatable bonds is 5. The highest BCUT2D eigenvalue weighted by Gasteiger charge is 2.14. The lowest BCUT2D eigenvalue weighted by molar-refractivity contribution is 0.0475. The molecule has 5 nitrogen and oxygen atoms in total. The van der Waals surface area contributed by atoms with Crippen molar-refractivity contribution in [1.29, 1.82) is 0 Å². The van der Waals surface area contributed by atoms with E-state index in [1.807, 2.05) is 30.3 Å². The Morgan fingerprint density at radius 1 is 0.929 bits per heavy atom. The Labute approximate surface area is 159 Å². The number of imidazole rings is 1. The monoisotopic (exact) mass is 374 g/mol. The Kier molecular flexibility index (Phi) is 4.68. The molecule has 3 aromatic carbocycles. The fraction of sp³-hybridized carbons (Fsp3) is 0.0455. The molecule has 0 aliphatic heterocycles. The first kappa shape index (κ1) is 17.6. The SMILES string of the molecule is O=C(COC(=O)c1ccc2nc(-c3ccccc3)[nH]c2c1)c1ccc(F)cc1. The third-order valence-electron chi connectivity index (χ3n) is 4.27. The summed E-state index contributed by atoms with van der Waals surface area (Å²) in [6.07, 6.45) is 0. The van der Waals surface area contributed by atoms with Gasteiger partial charge in [-0.05, 0) is 42.5 Å². The highest BCUT2D eigenvalue weighted by atomic mass is 19.1. The van der Waals surface area contributed by atoms with Crippen LogP contribution in [-0.4, -0.2) is 28.3 Å². The Morgan fingerprint density at radius 2 is 1.64 bits per heavy atom. The zero-order valence-corrected chi connectivity index (χ0v) is 14.7. The van der Waals surface area contributed by atoms with Crippen LogP contribution in [0.15, 0.2) is 72.8 Å². The predicted molar refractivity (Wildman–Crippen MR) is 103 cm³/mol. The summed E-state index contributed by atoms with van der Waals surface area (Å²) >= 11 is 0. The smallest absolute Gasteiger partial charge is 0.338 e. The lowest BCUT2D eigenvalue weighted by Crippen LogP contribution is -2.14. The Morgan fingerprint density at radius 3 is 2.39 bits per heavy atom. The van der Waals surface area contributed by atoms with Crippen molar-refractivity contribution in [3.05, 3.63) is 89.7 Å². The van der Waals surface area contributed by atoms with Crippen molar-refractivity contribution < 1.29 is 18.7 Å². The van der Waals surface area contributed by atoms with Crippen LogP contribution >= 0.6 is 0 Å². The number of nitrogens with one attached hydrogen (secondary N) is 1. The Bertz CT molecular complexity index is 1150. The number of hydrogen-bond donors (Lipinski definition) is 1. The number of H-pyrrole nitrogens is 1. The first-order valence-corrected chi connectivity index (χ1v) is 8.61. The van der Waals surface area contributed by atoms with Gasteiger partial charge in [-0.1, -0.05) is 30.3 Å². The molecule has 0 aliphatic carbocycles. The van der Waals surface area contributed by atoms with Gasteiger partial charge in [0.1, 0.15) is 11.6 Å². The minimum absolute atomic E-state index is 0.283. The van der Waals surface area contributed by atoms with Crippen molar-refractivity contribution in [2.45, 2.75) is 0 Å². The van der Waals surface area contributed by atoms with Gasteiger partial charge in [0, 0.05) is 11.1 Å². The quantitative estimate of drug-likeness (QED) is 0.415. The normalized spacial score (nSPS) is 10.8. The molecular weight excluding hydrogens is 359 g/mol. The fourth-order valence-corrected chi connectivity index (χ4v) is 2.80. The molecule has 0 saturated carbocycles. The van der Waals surface area contributed by atoms with E-state index < -0.39 is 24.2 Å². The summed E-state index contributed by atoms with van der Waals surface area (Å²) in [7, 11) is 0. The van der Waals surface area contributed by atoms with E-state index in [-0.39, 0.29) is 5.56 Å². The average Bonchev–Trinajstić information content (AvgIpc) is 3.16. The number of hydrogen-bond acceptors (Lipinski definition) is 4. The van der Waals surface area contributed by atoms with Gasteiger partial charge in [0.05, 0.1) is 16.6 Å². The van der Waals surface area contributed by atoms with E-state index in [1.165, 1.54) is 24.3 Å². The van der Waals surface area contributed by atoms with Crippen LogP contribution in [0.4, 0.5) is 4.39 Å². The number of Topliss-reactive ketones (excluding diaryl/α,β-unsaturated/α-hetero) is 1. The lowest BCUT2D eigenvalue weighted by Gasteiger charge is -2.04. The minimum Gasteiger partial charge on any atom is -0.454 e. The molecule has 0 amide bonds. The second-order valence-electron chi connectivity index (χ2n) is 6.19. The van der Waals surface area contributed by atoms with Crippen LogP contribution in [0.25, 0.3) is 22.4 Å². The molecule has 0 fully saturated rings. The van der Waals surface area contributed by atoms with E-state index in [0.29, 0.717) is 16.9 Å². The van der Waals surface area contributed by atoms with Gasteiger partial charge in [0.25, 0.3) is 0 Å². The van der Waals surface area contributed by atoms with Crippen molar-refractivity contribution >= 4 is 22.8 Å². The number of benzene rings is 3. The van der Waals surface area contributed by atoms with Gasteiger partial charge in [-0.15, -0.1) is 0 Å². The summed E-state index contributed by atoms with van der Waals surface area (Å²) in [6, 6.07) is 19.7. The number of aromatic amines is 1. The van der Waals surface area contributed by atoms with Crippen LogP contribution in [0.3, 0.4) is 0 Å². The van der Waals surface area contributed by atoms with E-state index in [0.717, 1.165) is 11.1 Å². The standard InChI is InChI=1S/C22H15FN2O3/c23-17-9-6-14(7-10-17)20(26)13-28-22(27)16-8-11-18-19(12-16)25-21(24-18)15-4-2-1-3-5-15/h1-12H,13H2,(H,24,25). The highest BCUT2D eigenvalue weighted by Crippen LogP contribution is 2.21. The van der Waals surface area contributed by atoms with Crippen molar-refractivity contribution in [2.75, 3.05) is 6.61 Å². The molecule has 4 aromatic rings. The van der Waals surface area contributed by atoms with Gasteiger partial charge in [0.2, 0.25) is 0 Å². The Balaban J connectivity index is 1.48. The van der Waals surface area contributed by atoms with Gasteiger partial charge < -0.3 is 9.72 Å². The molecule has 1 N–H and O–H groups in total. The Hall–Kier alpha value is -3.80. The zero-order valence-electron chi connectivity index (χ0n) is 14.7. The van der Waals surface area contributed by atoms with Gasteiger partial charge in [-0.25, -0.2) is 14.2 Å². The molecule has 28 heavy (non-hydrogen) atoms.